The van der Waals surface area contributed by atoms with E-state index in [2.05, 4.69) is 5.32 Å². The molecule has 11 heavy (non-hydrogen) atoms. The quantitative estimate of drug-likeness (QED) is 0.683. The van der Waals surface area contributed by atoms with Crippen molar-refractivity contribution >= 4 is 6.09 Å². The van der Waals surface area contributed by atoms with Gasteiger partial charge in [0.2, 0.25) is 0 Å². The number of rotatable bonds is 3. The maximum absolute atomic E-state index is 10.9. The fourth-order valence-electron chi connectivity index (χ4n) is 0.551. The molecule has 0 aliphatic heterocycles. The van der Waals surface area contributed by atoms with Gasteiger partial charge >= 0.3 is 6.09 Å². The Bertz CT molecular complexity index is 123. The molecule has 1 N–H and O–H groups in total. The zero-order valence-corrected chi connectivity index (χ0v) is 7.68. The summed E-state index contributed by atoms with van der Waals surface area (Å²) in [5.41, 5.74) is 0. The third-order valence-corrected chi connectivity index (χ3v) is 1.32. The summed E-state index contributed by atoms with van der Waals surface area (Å²) in [7, 11) is 0. The van der Waals surface area contributed by atoms with E-state index in [9.17, 15) is 4.79 Å². The van der Waals surface area contributed by atoms with E-state index in [-0.39, 0.29) is 18.2 Å². The molecule has 0 rings (SSSR count). The summed E-state index contributed by atoms with van der Waals surface area (Å²) < 4.78 is 4.87. The number of carbonyl (C=O) groups excluding carboxylic acids is 1. The Balaban J connectivity index is 3.52. The number of hydrogen-bond acceptors (Lipinski definition) is 2. The van der Waals surface area contributed by atoms with Crippen LogP contribution in [0.4, 0.5) is 4.79 Å². The Kier molecular flexibility index (Phi) is 4.66. The van der Waals surface area contributed by atoms with E-state index in [1.165, 1.54) is 0 Å². The van der Waals surface area contributed by atoms with Crippen LogP contribution < -0.4 is 5.32 Å². The Labute approximate surface area is 68.1 Å². The van der Waals surface area contributed by atoms with Crippen molar-refractivity contribution in [1.82, 2.24) is 5.32 Å². The smallest absolute Gasteiger partial charge is 0.407 e. The van der Waals surface area contributed by atoms with Crippen molar-refractivity contribution in [1.29, 1.82) is 0 Å². The van der Waals surface area contributed by atoms with Crippen LogP contribution >= 0.6 is 0 Å². The first-order valence-electron chi connectivity index (χ1n) is 4.03. The first-order chi connectivity index (χ1) is 5.06. The Hall–Kier alpha value is -0.730. The van der Waals surface area contributed by atoms with Crippen LogP contribution in [-0.4, -0.2) is 18.2 Å². The van der Waals surface area contributed by atoms with Crippen LogP contribution in [0.1, 0.15) is 34.1 Å². The summed E-state index contributed by atoms with van der Waals surface area (Å²) in [5, 5.41) is 2.70. The Morgan fingerprint density at radius 3 is 2.36 bits per heavy atom. The second kappa shape index (κ2) is 4.99. The summed E-state index contributed by atoms with van der Waals surface area (Å²) in [6, 6.07) is 0.196. The van der Waals surface area contributed by atoms with Crippen LogP contribution in [0.25, 0.3) is 0 Å². The molecule has 1 amide bonds. The third kappa shape index (κ3) is 5.70. The van der Waals surface area contributed by atoms with Gasteiger partial charge in [0.1, 0.15) is 0 Å². The lowest BCUT2D eigenvalue weighted by Gasteiger charge is -2.13. The fraction of sp³-hybridized carbons (Fsp3) is 0.875. The molecule has 0 bridgehead atoms. The van der Waals surface area contributed by atoms with Crippen molar-refractivity contribution in [2.45, 2.75) is 46.3 Å². The first kappa shape index (κ1) is 10.3. The molecule has 0 unspecified atom stereocenters. The molecule has 0 spiro atoms. The van der Waals surface area contributed by atoms with Gasteiger partial charge in [-0.2, -0.15) is 0 Å². The molecular weight excluding hydrogens is 142 g/mol. The SMILES string of the molecule is CC[C@H](C)NC(=O)OC(C)C. The molecule has 66 valence electrons. The minimum Gasteiger partial charge on any atom is -0.447 e. The zero-order valence-electron chi connectivity index (χ0n) is 7.68. The van der Waals surface area contributed by atoms with Crippen LogP contribution in [0, 0.1) is 0 Å². The van der Waals surface area contributed by atoms with E-state index in [0.717, 1.165) is 6.42 Å². The molecule has 0 fully saturated rings. The van der Waals surface area contributed by atoms with Gasteiger partial charge in [-0.15, -0.1) is 0 Å². The standard InChI is InChI=1S/C8H17NO2/c1-5-7(4)9-8(10)11-6(2)3/h6-7H,5H2,1-4H3,(H,9,10)/t7-/m0/s1. The van der Waals surface area contributed by atoms with Crippen LogP contribution in [0.2, 0.25) is 0 Å². The molecular formula is C8H17NO2. The average molecular weight is 159 g/mol. The normalized spacial score (nSPS) is 12.8. The topological polar surface area (TPSA) is 38.3 Å². The van der Waals surface area contributed by atoms with Crippen LogP contribution in [0.15, 0.2) is 0 Å². The summed E-state index contributed by atoms with van der Waals surface area (Å²) in [6.45, 7) is 7.62. The summed E-state index contributed by atoms with van der Waals surface area (Å²) in [6.07, 6.45) is 0.557. The van der Waals surface area contributed by atoms with E-state index < -0.39 is 0 Å². The molecule has 0 aliphatic carbocycles. The molecule has 3 nitrogen and oxygen atoms in total. The maximum Gasteiger partial charge on any atom is 0.407 e. The van der Waals surface area contributed by atoms with Crippen molar-refractivity contribution in [3.05, 3.63) is 0 Å². The highest BCUT2D eigenvalue weighted by Crippen LogP contribution is 1.92. The molecule has 0 saturated heterocycles. The summed E-state index contributed by atoms with van der Waals surface area (Å²) in [5.74, 6) is 0. The lowest BCUT2D eigenvalue weighted by atomic mass is 10.3. The molecule has 0 aromatic heterocycles. The monoisotopic (exact) mass is 159 g/mol. The number of ether oxygens (including phenoxy) is 1. The van der Waals surface area contributed by atoms with Crippen molar-refractivity contribution in [3.63, 3.8) is 0 Å². The van der Waals surface area contributed by atoms with Gasteiger partial charge in [0.05, 0.1) is 6.10 Å². The highest BCUT2D eigenvalue weighted by Gasteiger charge is 2.06. The lowest BCUT2D eigenvalue weighted by Crippen LogP contribution is -2.33. The molecule has 1 atom stereocenters. The molecule has 0 heterocycles. The molecule has 0 aromatic carbocycles. The third-order valence-electron chi connectivity index (χ3n) is 1.32. The predicted molar refractivity (Wildman–Crippen MR) is 44.5 cm³/mol. The largest absolute Gasteiger partial charge is 0.447 e. The Morgan fingerprint density at radius 2 is 2.00 bits per heavy atom. The highest BCUT2D eigenvalue weighted by molar-refractivity contribution is 5.67. The van der Waals surface area contributed by atoms with Gasteiger partial charge in [-0.25, -0.2) is 4.79 Å². The number of carbonyl (C=O) groups is 1. The second-order valence-electron chi connectivity index (χ2n) is 2.91. The Morgan fingerprint density at radius 1 is 1.45 bits per heavy atom. The molecule has 0 aliphatic rings. The van der Waals surface area contributed by atoms with Crippen molar-refractivity contribution < 1.29 is 9.53 Å². The van der Waals surface area contributed by atoms with Gasteiger partial charge in [0.25, 0.3) is 0 Å². The fourth-order valence-corrected chi connectivity index (χ4v) is 0.551. The molecule has 3 heteroatoms. The highest BCUT2D eigenvalue weighted by atomic mass is 16.6. The van der Waals surface area contributed by atoms with Gasteiger partial charge in [-0.3, -0.25) is 0 Å². The van der Waals surface area contributed by atoms with Crippen LogP contribution in [0.3, 0.4) is 0 Å². The van der Waals surface area contributed by atoms with E-state index >= 15 is 0 Å². The average Bonchev–Trinajstić information content (AvgIpc) is 1.85. The van der Waals surface area contributed by atoms with Crippen LogP contribution in [-0.2, 0) is 4.74 Å². The maximum atomic E-state index is 10.9. The van der Waals surface area contributed by atoms with Gasteiger partial charge < -0.3 is 10.1 Å². The van der Waals surface area contributed by atoms with E-state index in [1.807, 2.05) is 27.7 Å². The van der Waals surface area contributed by atoms with Gasteiger partial charge in [-0.05, 0) is 27.2 Å². The minimum absolute atomic E-state index is 0.0425. The van der Waals surface area contributed by atoms with E-state index in [0.29, 0.717) is 0 Å². The lowest BCUT2D eigenvalue weighted by molar-refractivity contribution is 0.112. The molecule has 0 aromatic rings. The zero-order chi connectivity index (χ0) is 8.85. The van der Waals surface area contributed by atoms with Gasteiger partial charge in [0.15, 0.2) is 0 Å². The second-order valence-corrected chi connectivity index (χ2v) is 2.91. The van der Waals surface area contributed by atoms with Crippen molar-refractivity contribution in [3.8, 4) is 0 Å². The van der Waals surface area contributed by atoms with Gasteiger partial charge in [0, 0.05) is 6.04 Å². The number of alkyl carbamates (subject to hydrolysis) is 1. The number of hydrogen-bond donors (Lipinski definition) is 1. The van der Waals surface area contributed by atoms with E-state index in [1.54, 1.807) is 0 Å². The molecule has 0 radical (unpaired) electrons. The summed E-state index contributed by atoms with van der Waals surface area (Å²) >= 11 is 0. The van der Waals surface area contributed by atoms with Crippen LogP contribution in [0.5, 0.6) is 0 Å². The summed E-state index contributed by atoms with van der Waals surface area (Å²) in [4.78, 5) is 10.9. The first-order valence-corrected chi connectivity index (χ1v) is 4.03. The minimum atomic E-state index is -0.325. The number of nitrogens with one attached hydrogen (secondary N) is 1. The van der Waals surface area contributed by atoms with Crippen molar-refractivity contribution in [2.75, 3.05) is 0 Å². The number of amides is 1. The predicted octanol–water partition coefficient (Wildman–Crippen LogP) is 1.92. The van der Waals surface area contributed by atoms with Gasteiger partial charge in [-0.1, -0.05) is 6.92 Å². The van der Waals surface area contributed by atoms with Crippen molar-refractivity contribution in [2.24, 2.45) is 0 Å². The van der Waals surface area contributed by atoms with E-state index in [4.69, 9.17) is 4.74 Å². The molecule has 0 saturated carbocycles.